The smallest absolute Gasteiger partial charge is 0.309 e. The van der Waals surface area contributed by atoms with E-state index >= 15 is 0 Å². The van der Waals surface area contributed by atoms with E-state index in [4.69, 9.17) is 4.74 Å². The van der Waals surface area contributed by atoms with Crippen LogP contribution >= 0.6 is 0 Å². The molecular weight excluding hydrogens is 330 g/mol. The van der Waals surface area contributed by atoms with Crippen molar-refractivity contribution in [2.75, 3.05) is 19.7 Å². The molecule has 0 radical (unpaired) electrons. The molecule has 5 nitrogen and oxygen atoms in total. The number of carbonyl (C=O) groups is 2. The summed E-state index contributed by atoms with van der Waals surface area (Å²) < 4.78 is 5.73. The van der Waals surface area contributed by atoms with Crippen LogP contribution in [0.3, 0.4) is 0 Å². The summed E-state index contributed by atoms with van der Waals surface area (Å²) in [5.41, 5.74) is 2.58. The summed E-state index contributed by atoms with van der Waals surface area (Å²) in [5.74, 6) is -0.0906. The zero-order valence-electron chi connectivity index (χ0n) is 15.3. The average Bonchev–Trinajstić information content (AvgIpc) is 3.27. The molecule has 1 aromatic rings. The molecular formula is C21H27NO4. The number of benzene rings is 1. The van der Waals surface area contributed by atoms with E-state index < -0.39 is 5.97 Å². The first kappa shape index (κ1) is 17.5. The van der Waals surface area contributed by atoms with Gasteiger partial charge in [-0.1, -0.05) is 24.3 Å². The molecule has 2 aliphatic heterocycles. The maximum Gasteiger partial charge on any atom is 0.309 e. The molecule has 5 heteroatoms. The van der Waals surface area contributed by atoms with Crippen molar-refractivity contribution in [2.45, 2.75) is 44.6 Å². The van der Waals surface area contributed by atoms with Crippen LogP contribution in [0, 0.1) is 24.7 Å². The molecule has 1 aromatic carbocycles. The lowest BCUT2D eigenvalue weighted by molar-refractivity contribution is -0.146. The number of likely N-dealkylation sites (tertiary alicyclic amines) is 1. The average molecular weight is 357 g/mol. The molecule has 26 heavy (non-hydrogen) atoms. The third-order valence-corrected chi connectivity index (χ3v) is 6.46. The quantitative estimate of drug-likeness (QED) is 0.900. The van der Waals surface area contributed by atoms with Gasteiger partial charge in [0, 0.05) is 25.6 Å². The van der Waals surface area contributed by atoms with Crippen LogP contribution in [-0.2, 0) is 14.3 Å². The molecule has 1 N–H and O–H groups in total. The Hall–Kier alpha value is -1.88. The van der Waals surface area contributed by atoms with Crippen molar-refractivity contribution in [1.29, 1.82) is 0 Å². The molecule has 4 rings (SSSR count). The molecule has 1 amide bonds. The van der Waals surface area contributed by atoms with Gasteiger partial charge in [-0.15, -0.1) is 0 Å². The molecule has 0 bridgehead atoms. The number of aliphatic carboxylic acids is 1. The summed E-state index contributed by atoms with van der Waals surface area (Å²) in [6.45, 7) is 4.11. The van der Waals surface area contributed by atoms with Gasteiger partial charge in [0.25, 0.3) is 0 Å². The number of ether oxygens (including phenoxy) is 1. The van der Waals surface area contributed by atoms with E-state index in [9.17, 15) is 14.7 Å². The first-order chi connectivity index (χ1) is 12.6. The Labute approximate surface area is 154 Å². The third kappa shape index (κ3) is 3.25. The van der Waals surface area contributed by atoms with Crippen molar-refractivity contribution in [3.05, 3.63) is 35.4 Å². The van der Waals surface area contributed by atoms with Crippen LogP contribution in [0.15, 0.2) is 24.3 Å². The fourth-order valence-corrected chi connectivity index (χ4v) is 4.84. The van der Waals surface area contributed by atoms with E-state index in [2.05, 4.69) is 19.1 Å². The van der Waals surface area contributed by atoms with Crippen LogP contribution in [0.2, 0.25) is 0 Å². The van der Waals surface area contributed by atoms with Gasteiger partial charge < -0.3 is 14.7 Å². The monoisotopic (exact) mass is 357 g/mol. The molecule has 2 heterocycles. The Bertz CT molecular complexity index is 695. The number of hydrogen-bond donors (Lipinski definition) is 1. The highest BCUT2D eigenvalue weighted by atomic mass is 16.5. The lowest BCUT2D eigenvalue weighted by Crippen LogP contribution is -2.44. The van der Waals surface area contributed by atoms with Crippen molar-refractivity contribution in [3.63, 3.8) is 0 Å². The standard InChI is InChI=1S/C21H27NO4/c1-13-4-2-3-5-15(13)17-12-18(17)20(23)22-9-6-14(7-10-22)19-16(21(24)25)8-11-26-19/h2-5,14,16-19H,6-12H2,1H3,(H,24,25)/t16?,17?,18?,19-/m0/s1. The number of piperidine rings is 1. The van der Waals surface area contributed by atoms with Crippen LogP contribution in [0.1, 0.15) is 42.7 Å². The van der Waals surface area contributed by atoms with Gasteiger partial charge in [-0.05, 0) is 55.6 Å². The van der Waals surface area contributed by atoms with Gasteiger partial charge >= 0.3 is 5.97 Å². The van der Waals surface area contributed by atoms with Crippen molar-refractivity contribution in [2.24, 2.45) is 17.8 Å². The number of carbonyl (C=O) groups excluding carboxylic acids is 1. The Morgan fingerprint density at radius 2 is 1.85 bits per heavy atom. The molecule has 2 saturated heterocycles. The van der Waals surface area contributed by atoms with Crippen molar-refractivity contribution in [3.8, 4) is 0 Å². The first-order valence-electron chi connectivity index (χ1n) is 9.75. The topological polar surface area (TPSA) is 66.8 Å². The minimum Gasteiger partial charge on any atom is -0.481 e. The molecule has 3 unspecified atom stereocenters. The lowest BCUT2D eigenvalue weighted by Gasteiger charge is -2.35. The van der Waals surface area contributed by atoms with Crippen molar-refractivity contribution in [1.82, 2.24) is 4.90 Å². The van der Waals surface area contributed by atoms with Crippen LogP contribution in [0.5, 0.6) is 0 Å². The van der Waals surface area contributed by atoms with Crippen LogP contribution in [0.4, 0.5) is 0 Å². The Kier molecular flexibility index (Phi) is 4.74. The summed E-state index contributed by atoms with van der Waals surface area (Å²) in [6.07, 6.45) is 3.09. The highest BCUT2D eigenvalue weighted by molar-refractivity contribution is 5.83. The highest BCUT2D eigenvalue weighted by Gasteiger charge is 2.47. The lowest BCUT2D eigenvalue weighted by atomic mass is 9.84. The SMILES string of the molecule is Cc1ccccc1C1CC1C(=O)N1CCC([C@@H]2OCCC2C(=O)O)CC1. The van der Waals surface area contributed by atoms with Crippen LogP contribution < -0.4 is 0 Å². The Morgan fingerprint density at radius 1 is 1.12 bits per heavy atom. The zero-order valence-corrected chi connectivity index (χ0v) is 15.3. The predicted octanol–water partition coefficient (Wildman–Crippen LogP) is 2.83. The molecule has 0 aromatic heterocycles. The van der Waals surface area contributed by atoms with E-state index in [1.54, 1.807) is 0 Å². The van der Waals surface area contributed by atoms with Gasteiger partial charge in [0.05, 0.1) is 12.0 Å². The van der Waals surface area contributed by atoms with Crippen molar-refractivity contribution < 1.29 is 19.4 Å². The number of nitrogens with zero attached hydrogens (tertiary/aromatic N) is 1. The molecule has 1 aliphatic carbocycles. The van der Waals surface area contributed by atoms with Gasteiger partial charge in [-0.3, -0.25) is 9.59 Å². The van der Waals surface area contributed by atoms with Gasteiger partial charge in [-0.2, -0.15) is 0 Å². The van der Waals surface area contributed by atoms with Gasteiger partial charge in [0.1, 0.15) is 0 Å². The minimum atomic E-state index is -0.745. The number of carboxylic acids is 1. The Balaban J connectivity index is 1.32. The maximum atomic E-state index is 12.9. The van der Waals surface area contributed by atoms with Gasteiger partial charge in [-0.25, -0.2) is 0 Å². The second-order valence-electron chi connectivity index (χ2n) is 8.04. The van der Waals surface area contributed by atoms with E-state index in [1.165, 1.54) is 11.1 Å². The van der Waals surface area contributed by atoms with Crippen molar-refractivity contribution >= 4 is 11.9 Å². The predicted molar refractivity (Wildman–Crippen MR) is 96.8 cm³/mol. The van der Waals surface area contributed by atoms with E-state index in [-0.39, 0.29) is 29.8 Å². The molecule has 1 saturated carbocycles. The van der Waals surface area contributed by atoms with Crippen LogP contribution in [0.25, 0.3) is 0 Å². The molecule has 140 valence electrons. The fourth-order valence-electron chi connectivity index (χ4n) is 4.84. The summed E-state index contributed by atoms with van der Waals surface area (Å²) >= 11 is 0. The molecule has 0 spiro atoms. The second kappa shape index (κ2) is 7.03. The number of hydrogen-bond acceptors (Lipinski definition) is 3. The third-order valence-electron chi connectivity index (χ3n) is 6.46. The summed E-state index contributed by atoms with van der Waals surface area (Å²) in [4.78, 5) is 26.2. The summed E-state index contributed by atoms with van der Waals surface area (Å²) in [7, 11) is 0. The van der Waals surface area contributed by atoms with E-state index in [0.29, 0.717) is 18.9 Å². The van der Waals surface area contributed by atoms with E-state index in [1.807, 2.05) is 17.0 Å². The molecule has 3 fully saturated rings. The minimum absolute atomic E-state index is 0.127. The number of aryl methyl sites for hydroxylation is 1. The van der Waals surface area contributed by atoms with Gasteiger partial charge in [0.15, 0.2) is 0 Å². The summed E-state index contributed by atoms with van der Waals surface area (Å²) in [5, 5.41) is 9.35. The summed E-state index contributed by atoms with van der Waals surface area (Å²) in [6, 6.07) is 8.34. The second-order valence-corrected chi connectivity index (χ2v) is 8.04. The van der Waals surface area contributed by atoms with Gasteiger partial charge in [0.2, 0.25) is 5.91 Å². The van der Waals surface area contributed by atoms with E-state index in [0.717, 1.165) is 32.4 Å². The van der Waals surface area contributed by atoms with Crippen LogP contribution in [-0.4, -0.2) is 47.7 Å². The normalized spacial score (nSPS) is 31.8. The Morgan fingerprint density at radius 3 is 2.54 bits per heavy atom. The number of carboxylic acid groups (broad SMARTS) is 1. The first-order valence-corrected chi connectivity index (χ1v) is 9.75. The molecule has 3 aliphatic rings. The number of amides is 1. The zero-order chi connectivity index (χ0) is 18.3. The largest absolute Gasteiger partial charge is 0.481 e. The fraction of sp³-hybridized carbons (Fsp3) is 0.619. The maximum absolute atomic E-state index is 12.9. The number of rotatable bonds is 4. The highest BCUT2D eigenvalue weighted by Crippen LogP contribution is 2.49. The molecule has 4 atom stereocenters.